The van der Waals surface area contributed by atoms with Gasteiger partial charge in [0, 0.05) is 5.56 Å². The molecular formula is C16H18N2O6S. The van der Waals surface area contributed by atoms with E-state index >= 15 is 0 Å². The van der Waals surface area contributed by atoms with Crippen LogP contribution in [0.15, 0.2) is 41.8 Å². The van der Waals surface area contributed by atoms with Crippen LogP contribution < -0.4 is 10.0 Å². The summed E-state index contributed by atoms with van der Waals surface area (Å²) in [6.45, 7) is 3.11. The van der Waals surface area contributed by atoms with Crippen molar-refractivity contribution in [1.82, 2.24) is 10.0 Å². The highest BCUT2D eigenvalue weighted by Crippen LogP contribution is 2.11. The van der Waals surface area contributed by atoms with Crippen molar-refractivity contribution in [2.45, 2.75) is 10.9 Å². The van der Waals surface area contributed by atoms with Crippen molar-refractivity contribution in [2.24, 2.45) is 0 Å². The lowest BCUT2D eigenvalue weighted by Crippen LogP contribution is -2.44. The number of hydrogen-bond acceptors (Lipinski definition) is 5. The number of ether oxygens (including phenoxy) is 1. The van der Waals surface area contributed by atoms with Crippen LogP contribution >= 0.6 is 0 Å². The second-order valence-electron chi connectivity index (χ2n) is 4.75. The second-order valence-corrected chi connectivity index (χ2v) is 6.51. The highest BCUT2D eigenvalue weighted by atomic mass is 32.2. The van der Waals surface area contributed by atoms with E-state index in [-0.39, 0.29) is 30.2 Å². The van der Waals surface area contributed by atoms with Crippen molar-refractivity contribution >= 4 is 21.9 Å². The predicted octanol–water partition coefficient (Wildman–Crippen LogP) is -0.0163. The number of carboxylic acid groups (broad SMARTS) is 1. The molecule has 1 rings (SSSR count). The molecule has 3 N–H and O–H groups in total. The minimum absolute atomic E-state index is 0.0152. The number of carboxylic acids is 1. The van der Waals surface area contributed by atoms with Crippen LogP contribution in [0.3, 0.4) is 0 Å². The van der Waals surface area contributed by atoms with Gasteiger partial charge in [0.2, 0.25) is 10.0 Å². The van der Waals surface area contributed by atoms with Crippen molar-refractivity contribution in [1.29, 1.82) is 0 Å². The number of terminal acetylenes is 1. The fraction of sp³-hybridized carbons (Fsp3) is 0.250. The van der Waals surface area contributed by atoms with E-state index in [4.69, 9.17) is 16.3 Å². The molecule has 0 fully saturated rings. The smallest absolute Gasteiger partial charge is 0.328 e. The number of sulfonamides is 1. The quantitative estimate of drug-likeness (QED) is 0.304. The maximum Gasteiger partial charge on any atom is 0.328 e. The number of carbonyl (C=O) groups is 2. The molecule has 1 unspecified atom stereocenters. The van der Waals surface area contributed by atoms with Gasteiger partial charge in [0.15, 0.2) is 6.04 Å². The van der Waals surface area contributed by atoms with Crippen molar-refractivity contribution in [3.63, 3.8) is 0 Å². The van der Waals surface area contributed by atoms with E-state index in [1.807, 2.05) is 0 Å². The maximum atomic E-state index is 12.2. The van der Waals surface area contributed by atoms with E-state index in [1.54, 1.807) is 0 Å². The summed E-state index contributed by atoms with van der Waals surface area (Å²) >= 11 is 0. The van der Waals surface area contributed by atoms with Crippen molar-refractivity contribution < 1.29 is 27.9 Å². The Balaban J connectivity index is 2.91. The molecule has 1 aromatic carbocycles. The molecule has 0 heterocycles. The molecule has 0 spiro atoms. The van der Waals surface area contributed by atoms with Crippen molar-refractivity contribution in [2.75, 3.05) is 19.8 Å². The fourth-order valence-electron chi connectivity index (χ4n) is 1.71. The van der Waals surface area contributed by atoms with Gasteiger partial charge in [0.25, 0.3) is 5.91 Å². The summed E-state index contributed by atoms with van der Waals surface area (Å²) < 4.78 is 31.2. The Morgan fingerprint density at radius 2 is 2.16 bits per heavy atom. The normalized spacial score (nSPS) is 12.0. The van der Waals surface area contributed by atoms with E-state index < -0.39 is 27.9 Å². The highest BCUT2D eigenvalue weighted by Gasteiger charge is 2.22. The van der Waals surface area contributed by atoms with Crippen LogP contribution in [-0.2, 0) is 19.6 Å². The summed E-state index contributed by atoms with van der Waals surface area (Å²) in [6.07, 6.45) is 6.45. The van der Waals surface area contributed by atoms with E-state index in [2.05, 4.69) is 22.5 Å². The zero-order valence-electron chi connectivity index (χ0n) is 13.3. The molecular weight excluding hydrogens is 348 g/mol. The summed E-state index contributed by atoms with van der Waals surface area (Å²) in [7, 11) is -3.87. The molecule has 0 saturated heterocycles. The first-order valence-corrected chi connectivity index (χ1v) is 8.55. The summed E-state index contributed by atoms with van der Waals surface area (Å²) in [5, 5.41) is 11.4. The van der Waals surface area contributed by atoms with Gasteiger partial charge in [-0.05, 0) is 18.2 Å². The van der Waals surface area contributed by atoms with Gasteiger partial charge in [0.1, 0.15) is 0 Å². The van der Waals surface area contributed by atoms with Crippen molar-refractivity contribution in [3.05, 3.63) is 42.5 Å². The van der Waals surface area contributed by atoms with E-state index in [0.717, 1.165) is 6.07 Å². The second kappa shape index (κ2) is 9.58. The molecule has 0 aliphatic carbocycles. The molecule has 0 aliphatic heterocycles. The van der Waals surface area contributed by atoms with Crippen molar-refractivity contribution in [3.8, 4) is 12.3 Å². The first kappa shape index (κ1) is 20.4. The Hall–Kier alpha value is -2.67. The summed E-state index contributed by atoms with van der Waals surface area (Å²) in [6, 6.07) is 3.85. The van der Waals surface area contributed by atoms with E-state index in [1.165, 1.54) is 24.3 Å². The number of aliphatic carboxylic acids is 1. The number of rotatable bonds is 10. The third-order valence-electron chi connectivity index (χ3n) is 2.89. The molecule has 0 bridgehead atoms. The van der Waals surface area contributed by atoms with Gasteiger partial charge in [-0.3, -0.25) is 4.79 Å². The van der Waals surface area contributed by atoms with Gasteiger partial charge < -0.3 is 15.2 Å². The lowest BCUT2D eigenvalue weighted by molar-refractivity contribution is -0.140. The predicted molar refractivity (Wildman–Crippen MR) is 90.4 cm³/mol. The summed E-state index contributed by atoms with van der Waals surface area (Å²) in [4.78, 5) is 23.2. The average Bonchev–Trinajstić information content (AvgIpc) is 2.59. The zero-order chi connectivity index (χ0) is 18.9. The third kappa shape index (κ3) is 6.39. The SMILES string of the molecule is C#CCNS(=O)(=O)c1cccc(C(=O)NC(COCC=C)C(=O)O)c1. The number of carbonyl (C=O) groups excluding carboxylic acids is 1. The molecule has 1 atom stereocenters. The third-order valence-corrected chi connectivity index (χ3v) is 4.29. The standard InChI is InChI=1S/C16H18N2O6S/c1-3-8-17-25(22,23)13-7-5-6-12(10-13)15(19)18-14(16(20)21)11-24-9-4-2/h1,4-7,10,14,17H,2,8-9,11H2,(H,18,19)(H,20,21). The van der Waals surface area contributed by atoms with Crippen LogP contribution in [0.5, 0.6) is 0 Å². The molecule has 134 valence electrons. The molecule has 0 aromatic heterocycles. The Labute approximate surface area is 145 Å². The van der Waals surface area contributed by atoms with Crippen LogP contribution in [0.2, 0.25) is 0 Å². The zero-order valence-corrected chi connectivity index (χ0v) is 14.1. The van der Waals surface area contributed by atoms with Gasteiger partial charge in [0.05, 0.1) is 24.7 Å². The molecule has 0 aliphatic rings. The number of benzene rings is 1. The van der Waals surface area contributed by atoms with Crippen LogP contribution in [0, 0.1) is 12.3 Å². The van der Waals surface area contributed by atoms with Crippen LogP contribution in [0.4, 0.5) is 0 Å². The molecule has 0 saturated carbocycles. The lowest BCUT2D eigenvalue weighted by Gasteiger charge is -2.14. The number of amides is 1. The Morgan fingerprint density at radius 3 is 2.76 bits per heavy atom. The molecule has 1 aromatic rings. The molecule has 8 nitrogen and oxygen atoms in total. The maximum absolute atomic E-state index is 12.2. The minimum atomic E-state index is -3.87. The summed E-state index contributed by atoms with van der Waals surface area (Å²) in [5.41, 5.74) is -0.0152. The highest BCUT2D eigenvalue weighted by molar-refractivity contribution is 7.89. The van der Waals surface area contributed by atoms with Crippen LogP contribution in [0.1, 0.15) is 10.4 Å². The lowest BCUT2D eigenvalue weighted by atomic mass is 10.2. The summed E-state index contributed by atoms with van der Waals surface area (Å²) in [5.74, 6) is 0.111. The van der Waals surface area contributed by atoms with E-state index in [0.29, 0.717) is 0 Å². The van der Waals surface area contributed by atoms with Gasteiger partial charge in [-0.1, -0.05) is 18.1 Å². The molecule has 1 amide bonds. The largest absolute Gasteiger partial charge is 0.480 e. The first-order chi connectivity index (χ1) is 11.8. The number of nitrogens with one attached hydrogen (secondary N) is 2. The van der Waals surface area contributed by atoms with Crippen LogP contribution in [-0.4, -0.2) is 51.2 Å². The Kier molecular flexibility index (Phi) is 7.81. The Bertz CT molecular complexity index is 782. The molecule has 25 heavy (non-hydrogen) atoms. The fourth-order valence-corrected chi connectivity index (χ4v) is 2.69. The monoisotopic (exact) mass is 366 g/mol. The average molecular weight is 366 g/mol. The Morgan fingerprint density at radius 1 is 1.44 bits per heavy atom. The van der Waals surface area contributed by atoms with Gasteiger partial charge >= 0.3 is 5.97 Å². The van der Waals surface area contributed by atoms with E-state index in [9.17, 15) is 18.0 Å². The topological polar surface area (TPSA) is 122 Å². The minimum Gasteiger partial charge on any atom is -0.480 e. The molecule has 0 radical (unpaired) electrons. The van der Waals surface area contributed by atoms with Crippen LogP contribution in [0.25, 0.3) is 0 Å². The number of hydrogen-bond donors (Lipinski definition) is 3. The van der Waals surface area contributed by atoms with Gasteiger partial charge in [-0.25, -0.2) is 13.2 Å². The van der Waals surface area contributed by atoms with Gasteiger partial charge in [-0.15, -0.1) is 13.0 Å². The molecule has 9 heteroatoms. The van der Waals surface area contributed by atoms with Gasteiger partial charge in [-0.2, -0.15) is 4.72 Å². The first-order valence-electron chi connectivity index (χ1n) is 7.07.